The Kier molecular flexibility index (Phi) is 4.25. The Balaban J connectivity index is 2.14. The van der Waals surface area contributed by atoms with Crippen LogP contribution < -0.4 is 0 Å². The Labute approximate surface area is 129 Å². The molecule has 3 heteroatoms. The van der Waals surface area contributed by atoms with E-state index in [9.17, 15) is 13.9 Å². The fourth-order valence-electron chi connectivity index (χ4n) is 3.41. The molecule has 1 aliphatic rings. The Morgan fingerprint density at radius 1 is 1.05 bits per heavy atom. The van der Waals surface area contributed by atoms with Crippen LogP contribution in [0.3, 0.4) is 0 Å². The average molecular weight is 302 g/mol. The SMILES string of the molecule is CC(CO)CC1c2ccccc2CCc2cc(F)c(F)cc21. The lowest BCUT2D eigenvalue weighted by molar-refractivity contribution is 0.226. The third-order valence-electron chi connectivity index (χ3n) is 4.60. The van der Waals surface area contributed by atoms with Crippen LogP contribution in [0.25, 0.3) is 0 Å². The Bertz CT molecular complexity index is 681. The van der Waals surface area contributed by atoms with Gasteiger partial charge in [0.25, 0.3) is 0 Å². The van der Waals surface area contributed by atoms with Crippen LogP contribution >= 0.6 is 0 Å². The van der Waals surface area contributed by atoms with E-state index in [4.69, 9.17) is 0 Å². The molecule has 1 N–H and O–H groups in total. The van der Waals surface area contributed by atoms with Gasteiger partial charge in [-0.05, 0) is 59.6 Å². The summed E-state index contributed by atoms with van der Waals surface area (Å²) >= 11 is 0. The van der Waals surface area contributed by atoms with Crippen LogP contribution in [0.2, 0.25) is 0 Å². The van der Waals surface area contributed by atoms with E-state index in [0.29, 0.717) is 6.42 Å². The van der Waals surface area contributed by atoms with Crippen molar-refractivity contribution in [2.24, 2.45) is 5.92 Å². The minimum Gasteiger partial charge on any atom is -0.396 e. The molecule has 2 aromatic rings. The molecule has 0 aromatic heterocycles. The lowest BCUT2D eigenvalue weighted by Crippen LogP contribution is -2.12. The molecule has 0 heterocycles. The van der Waals surface area contributed by atoms with Gasteiger partial charge in [-0.2, -0.15) is 0 Å². The minimum atomic E-state index is -0.792. The van der Waals surface area contributed by atoms with Gasteiger partial charge in [-0.25, -0.2) is 8.78 Å². The first-order valence-electron chi connectivity index (χ1n) is 7.76. The van der Waals surface area contributed by atoms with E-state index in [1.54, 1.807) is 0 Å². The van der Waals surface area contributed by atoms with Gasteiger partial charge in [-0.3, -0.25) is 0 Å². The summed E-state index contributed by atoms with van der Waals surface area (Å²) in [7, 11) is 0. The molecule has 2 aromatic carbocycles. The smallest absolute Gasteiger partial charge is 0.159 e. The molecule has 3 rings (SSSR count). The highest BCUT2D eigenvalue weighted by Crippen LogP contribution is 2.39. The van der Waals surface area contributed by atoms with Crippen LogP contribution in [0, 0.1) is 17.6 Å². The molecule has 2 atom stereocenters. The Morgan fingerprint density at radius 3 is 2.50 bits per heavy atom. The van der Waals surface area contributed by atoms with E-state index in [1.807, 2.05) is 19.1 Å². The number of rotatable bonds is 3. The van der Waals surface area contributed by atoms with E-state index >= 15 is 0 Å². The molecule has 116 valence electrons. The molecule has 0 radical (unpaired) electrons. The molecule has 0 bridgehead atoms. The highest BCUT2D eigenvalue weighted by Gasteiger charge is 2.26. The third kappa shape index (κ3) is 2.78. The van der Waals surface area contributed by atoms with Crippen LogP contribution in [-0.4, -0.2) is 11.7 Å². The van der Waals surface area contributed by atoms with Gasteiger partial charge in [0.1, 0.15) is 0 Å². The van der Waals surface area contributed by atoms with E-state index in [1.165, 1.54) is 23.3 Å². The Morgan fingerprint density at radius 2 is 1.73 bits per heavy atom. The van der Waals surface area contributed by atoms with Gasteiger partial charge in [0.05, 0.1) is 0 Å². The predicted molar refractivity (Wildman–Crippen MR) is 82.9 cm³/mol. The van der Waals surface area contributed by atoms with Crippen molar-refractivity contribution >= 4 is 0 Å². The lowest BCUT2D eigenvalue weighted by atomic mass is 9.82. The second kappa shape index (κ2) is 6.17. The van der Waals surface area contributed by atoms with Crippen molar-refractivity contribution in [3.8, 4) is 0 Å². The number of fused-ring (bicyclic) bond motifs is 2. The molecule has 0 saturated heterocycles. The number of halogens is 2. The summed E-state index contributed by atoms with van der Waals surface area (Å²) in [5.41, 5.74) is 4.15. The molecule has 0 saturated carbocycles. The second-order valence-corrected chi connectivity index (χ2v) is 6.24. The average Bonchev–Trinajstić information content (AvgIpc) is 2.66. The molecule has 0 amide bonds. The number of aryl methyl sites for hydroxylation is 2. The summed E-state index contributed by atoms with van der Waals surface area (Å²) in [6, 6.07) is 10.8. The zero-order chi connectivity index (χ0) is 15.7. The molecule has 0 spiro atoms. The van der Waals surface area contributed by atoms with Crippen LogP contribution in [0.15, 0.2) is 36.4 Å². The highest BCUT2D eigenvalue weighted by atomic mass is 19.2. The van der Waals surface area contributed by atoms with Crippen molar-refractivity contribution in [3.63, 3.8) is 0 Å². The maximum atomic E-state index is 13.8. The summed E-state index contributed by atoms with van der Waals surface area (Å²) in [6.07, 6.45) is 2.28. The van der Waals surface area contributed by atoms with Gasteiger partial charge in [0.2, 0.25) is 0 Å². The summed E-state index contributed by atoms with van der Waals surface area (Å²) in [4.78, 5) is 0. The third-order valence-corrected chi connectivity index (χ3v) is 4.60. The lowest BCUT2D eigenvalue weighted by Gasteiger charge is -2.23. The summed E-state index contributed by atoms with van der Waals surface area (Å²) in [5, 5.41) is 9.40. The largest absolute Gasteiger partial charge is 0.396 e. The summed E-state index contributed by atoms with van der Waals surface area (Å²) in [5.74, 6) is -1.46. The molecule has 0 fully saturated rings. The monoisotopic (exact) mass is 302 g/mol. The minimum absolute atomic E-state index is 0.00551. The standard InChI is InChI=1S/C19H20F2O/c1-12(11-22)8-17-15-5-3-2-4-13(15)6-7-14-9-18(20)19(21)10-16(14)17/h2-5,9-10,12,17,22H,6-8,11H2,1H3. The van der Waals surface area contributed by atoms with Gasteiger partial charge in [-0.15, -0.1) is 0 Å². The number of hydrogen-bond acceptors (Lipinski definition) is 1. The first-order chi connectivity index (χ1) is 10.6. The summed E-state index contributed by atoms with van der Waals surface area (Å²) in [6.45, 7) is 2.07. The van der Waals surface area contributed by atoms with Crippen molar-refractivity contribution in [2.45, 2.75) is 32.1 Å². The number of benzene rings is 2. The van der Waals surface area contributed by atoms with Crippen molar-refractivity contribution in [1.29, 1.82) is 0 Å². The first kappa shape index (κ1) is 15.2. The zero-order valence-corrected chi connectivity index (χ0v) is 12.7. The molecule has 2 unspecified atom stereocenters. The van der Waals surface area contributed by atoms with Gasteiger partial charge in [0, 0.05) is 12.5 Å². The van der Waals surface area contributed by atoms with E-state index in [0.717, 1.165) is 24.0 Å². The van der Waals surface area contributed by atoms with Crippen LogP contribution in [0.5, 0.6) is 0 Å². The van der Waals surface area contributed by atoms with Crippen molar-refractivity contribution in [3.05, 3.63) is 70.3 Å². The zero-order valence-electron chi connectivity index (χ0n) is 12.7. The van der Waals surface area contributed by atoms with Gasteiger partial charge >= 0.3 is 0 Å². The van der Waals surface area contributed by atoms with Crippen LogP contribution in [-0.2, 0) is 12.8 Å². The van der Waals surface area contributed by atoms with Crippen molar-refractivity contribution in [1.82, 2.24) is 0 Å². The topological polar surface area (TPSA) is 20.2 Å². The van der Waals surface area contributed by atoms with Crippen molar-refractivity contribution in [2.75, 3.05) is 6.61 Å². The van der Waals surface area contributed by atoms with Gasteiger partial charge in [-0.1, -0.05) is 31.2 Å². The van der Waals surface area contributed by atoms with E-state index in [2.05, 4.69) is 12.1 Å². The van der Waals surface area contributed by atoms with Crippen molar-refractivity contribution < 1.29 is 13.9 Å². The molecule has 1 nitrogen and oxygen atoms in total. The highest BCUT2D eigenvalue weighted by molar-refractivity contribution is 5.45. The van der Waals surface area contributed by atoms with Crippen LogP contribution in [0.4, 0.5) is 8.78 Å². The number of aliphatic hydroxyl groups is 1. The maximum absolute atomic E-state index is 13.8. The van der Waals surface area contributed by atoms with Crippen LogP contribution in [0.1, 0.15) is 41.5 Å². The number of hydrogen-bond donors (Lipinski definition) is 1. The summed E-state index contributed by atoms with van der Waals surface area (Å²) < 4.78 is 27.4. The van der Waals surface area contributed by atoms with E-state index < -0.39 is 11.6 Å². The molecule has 22 heavy (non-hydrogen) atoms. The second-order valence-electron chi connectivity index (χ2n) is 6.24. The molecule has 0 aliphatic heterocycles. The molecular weight excluding hydrogens is 282 g/mol. The first-order valence-corrected chi connectivity index (χ1v) is 7.76. The fourth-order valence-corrected chi connectivity index (χ4v) is 3.41. The molecule has 1 aliphatic carbocycles. The number of aliphatic hydroxyl groups excluding tert-OH is 1. The predicted octanol–water partition coefficient (Wildman–Crippen LogP) is 4.21. The molecular formula is C19H20F2O. The van der Waals surface area contributed by atoms with E-state index in [-0.39, 0.29) is 18.4 Å². The quantitative estimate of drug-likeness (QED) is 0.900. The fraction of sp³-hybridized carbons (Fsp3) is 0.368. The maximum Gasteiger partial charge on any atom is 0.159 e. The Hall–Kier alpha value is -1.74. The van der Waals surface area contributed by atoms with Gasteiger partial charge in [0.15, 0.2) is 11.6 Å². The normalized spacial score (nSPS) is 18.3. The van der Waals surface area contributed by atoms with Gasteiger partial charge < -0.3 is 5.11 Å².